The fraction of sp³-hybridized carbons (Fsp3) is 0.250. The molecule has 0 amide bonds. The second-order valence-electron chi connectivity index (χ2n) is 4.75. The van der Waals surface area contributed by atoms with E-state index in [1.165, 1.54) is 0 Å². The monoisotopic (exact) mass is 291 g/mol. The minimum absolute atomic E-state index is 0.618. The van der Waals surface area contributed by atoms with E-state index in [0.717, 1.165) is 16.9 Å². The molecule has 0 spiro atoms. The average Bonchev–Trinajstić information content (AvgIpc) is 2.47. The maximum absolute atomic E-state index is 6.56. The third kappa shape index (κ3) is 2.60. The molecule has 0 saturated heterocycles. The molecule has 2 aromatic carbocycles. The summed E-state index contributed by atoms with van der Waals surface area (Å²) in [4.78, 5) is 0. The summed E-state index contributed by atoms with van der Waals surface area (Å²) in [6, 6.07) is 13.1. The van der Waals surface area contributed by atoms with Gasteiger partial charge in [-0.2, -0.15) is 0 Å². The summed E-state index contributed by atoms with van der Waals surface area (Å²) in [5.41, 5.74) is 7.48. The predicted molar refractivity (Wildman–Crippen MR) is 81.6 cm³/mol. The van der Waals surface area contributed by atoms with Crippen LogP contribution < -0.4 is 15.2 Å². The topological polar surface area (TPSA) is 44.5 Å². The Hall–Kier alpha value is -1.71. The summed E-state index contributed by atoms with van der Waals surface area (Å²) in [6.45, 7) is 1.92. The Balaban J connectivity index is 2.62. The van der Waals surface area contributed by atoms with Gasteiger partial charge in [-0.1, -0.05) is 29.8 Å². The molecule has 3 nitrogen and oxygen atoms in total. The van der Waals surface area contributed by atoms with Crippen LogP contribution in [-0.4, -0.2) is 14.2 Å². The van der Waals surface area contributed by atoms with E-state index >= 15 is 0 Å². The first kappa shape index (κ1) is 14.7. The summed E-state index contributed by atoms with van der Waals surface area (Å²) in [5.74, 6) is 1.44. The van der Waals surface area contributed by atoms with Crippen LogP contribution in [0.3, 0.4) is 0 Å². The Labute approximate surface area is 124 Å². The fourth-order valence-electron chi connectivity index (χ4n) is 2.30. The summed E-state index contributed by atoms with van der Waals surface area (Å²) in [7, 11) is 3.25. The second kappa shape index (κ2) is 5.73. The van der Waals surface area contributed by atoms with E-state index < -0.39 is 5.54 Å². The van der Waals surface area contributed by atoms with E-state index in [1.807, 2.05) is 43.3 Å². The normalized spacial score (nSPS) is 13.7. The molecule has 1 atom stereocenters. The molecule has 20 heavy (non-hydrogen) atoms. The second-order valence-corrected chi connectivity index (χ2v) is 5.18. The van der Waals surface area contributed by atoms with Crippen LogP contribution in [0.5, 0.6) is 11.5 Å². The lowest BCUT2D eigenvalue weighted by molar-refractivity contribution is 0.385. The summed E-state index contributed by atoms with van der Waals surface area (Å²) in [5, 5.41) is 0.618. The van der Waals surface area contributed by atoms with Gasteiger partial charge < -0.3 is 15.2 Å². The first-order valence-corrected chi connectivity index (χ1v) is 6.65. The first-order chi connectivity index (χ1) is 9.50. The van der Waals surface area contributed by atoms with Crippen LogP contribution in [0, 0.1) is 0 Å². The van der Waals surface area contributed by atoms with Gasteiger partial charge in [0.15, 0.2) is 0 Å². The third-order valence-corrected chi connectivity index (χ3v) is 3.62. The number of nitrogens with two attached hydrogens (primary N) is 1. The van der Waals surface area contributed by atoms with Crippen LogP contribution in [0.15, 0.2) is 42.5 Å². The van der Waals surface area contributed by atoms with E-state index in [9.17, 15) is 0 Å². The molecule has 106 valence electrons. The van der Waals surface area contributed by atoms with Crippen LogP contribution in [0.25, 0.3) is 0 Å². The molecule has 0 heterocycles. The average molecular weight is 292 g/mol. The zero-order valence-electron chi connectivity index (χ0n) is 11.8. The zero-order chi connectivity index (χ0) is 14.8. The SMILES string of the molecule is COc1ccccc1C(C)(N)c1cc(Cl)ccc1OC. The van der Waals surface area contributed by atoms with Gasteiger partial charge in [-0.25, -0.2) is 0 Å². The number of benzene rings is 2. The molecule has 0 fully saturated rings. The highest BCUT2D eigenvalue weighted by Crippen LogP contribution is 2.38. The summed E-state index contributed by atoms with van der Waals surface area (Å²) < 4.78 is 10.8. The number of methoxy groups -OCH3 is 2. The van der Waals surface area contributed by atoms with E-state index in [0.29, 0.717) is 10.8 Å². The van der Waals surface area contributed by atoms with Crippen molar-refractivity contribution in [3.63, 3.8) is 0 Å². The Morgan fingerprint density at radius 3 is 2.20 bits per heavy atom. The number of rotatable bonds is 4. The Bertz CT molecular complexity index is 611. The number of hydrogen-bond acceptors (Lipinski definition) is 3. The first-order valence-electron chi connectivity index (χ1n) is 6.27. The van der Waals surface area contributed by atoms with Crippen molar-refractivity contribution in [1.82, 2.24) is 0 Å². The molecule has 0 bridgehead atoms. The molecule has 2 rings (SSSR count). The highest BCUT2D eigenvalue weighted by molar-refractivity contribution is 6.30. The highest BCUT2D eigenvalue weighted by Gasteiger charge is 2.30. The van der Waals surface area contributed by atoms with Crippen LogP contribution in [-0.2, 0) is 5.54 Å². The van der Waals surface area contributed by atoms with Crippen LogP contribution in [0.2, 0.25) is 5.02 Å². The van der Waals surface area contributed by atoms with Crippen LogP contribution >= 0.6 is 11.6 Å². The lowest BCUT2D eigenvalue weighted by atomic mass is 9.84. The van der Waals surface area contributed by atoms with Crippen molar-refractivity contribution in [2.75, 3.05) is 14.2 Å². The minimum Gasteiger partial charge on any atom is -0.496 e. The van der Waals surface area contributed by atoms with Crippen molar-refractivity contribution in [3.8, 4) is 11.5 Å². The Morgan fingerprint density at radius 1 is 0.950 bits per heavy atom. The molecule has 4 heteroatoms. The van der Waals surface area contributed by atoms with Gasteiger partial charge in [-0.3, -0.25) is 0 Å². The Kier molecular flexibility index (Phi) is 4.21. The van der Waals surface area contributed by atoms with Gasteiger partial charge in [0, 0.05) is 16.1 Å². The molecule has 0 aliphatic carbocycles. The lowest BCUT2D eigenvalue weighted by Gasteiger charge is -2.29. The van der Waals surface area contributed by atoms with E-state index in [-0.39, 0.29) is 0 Å². The molecule has 0 aliphatic heterocycles. The molecule has 0 aromatic heterocycles. The van der Waals surface area contributed by atoms with Gasteiger partial charge in [0.05, 0.1) is 19.8 Å². The molecule has 0 aliphatic rings. The van der Waals surface area contributed by atoms with Crippen molar-refractivity contribution < 1.29 is 9.47 Å². The zero-order valence-corrected chi connectivity index (χ0v) is 12.6. The smallest absolute Gasteiger partial charge is 0.124 e. The van der Waals surface area contributed by atoms with Gasteiger partial charge in [-0.05, 0) is 31.2 Å². The molecular formula is C16H18ClNO2. The third-order valence-electron chi connectivity index (χ3n) is 3.39. The van der Waals surface area contributed by atoms with E-state index in [1.54, 1.807) is 20.3 Å². The van der Waals surface area contributed by atoms with Crippen molar-refractivity contribution in [1.29, 1.82) is 0 Å². The maximum Gasteiger partial charge on any atom is 0.124 e. The molecule has 2 aromatic rings. The predicted octanol–water partition coefficient (Wildman–Crippen LogP) is 3.58. The highest BCUT2D eigenvalue weighted by atomic mass is 35.5. The molecule has 2 N–H and O–H groups in total. The van der Waals surface area contributed by atoms with Crippen LogP contribution in [0.1, 0.15) is 18.1 Å². The number of hydrogen-bond donors (Lipinski definition) is 1. The maximum atomic E-state index is 6.56. The lowest BCUT2D eigenvalue weighted by Crippen LogP contribution is -2.35. The van der Waals surface area contributed by atoms with Crippen molar-refractivity contribution in [2.45, 2.75) is 12.5 Å². The van der Waals surface area contributed by atoms with Gasteiger partial charge in [0.25, 0.3) is 0 Å². The number of para-hydroxylation sites is 1. The van der Waals surface area contributed by atoms with Crippen molar-refractivity contribution >= 4 is 11.6 Å². The quantitative estimate of drug-likeness (QED) is 0.936. The van der Waals surface area contributed by atoms with Crippen molar-refractivity contribution in [2.24, 2.45) is 5.73 Å². The van der Waals surface area contributed by atoms with Gasteiger partial charge in [-0.15, -0.1) is 0 Å². The van der Waals surface area contributed by atoms with Gasteiger partial charge >= 0.3 is 0 Å². The summed E-state index contributed by atoms with van der Waals surface area (Å²) in [6.07, 6.45) is 0. The van der Waals surface area contributed by atoms with E-state index in [4.69, 9.17) is 26.8 Å². The van der Waals surface area contributed by atoms with Crippen LogP contribution in [0.4, 0.5) is 0 Å². The largest absolute Gasteiger partial charge is 0.496 e. The standard InChI is InChI=1S/C16H18ClNO2/c1-16(18,12-6-4-5-7-14(12)19-2)13-10-11(17)8-9-15(13)20-3/h4-10H,18H2,1-3H3. The summed E-state index contributed by atoms with van der Waals surface area (Å²) >= 11 is 6.10. The Morgan fingerprint density at radius 2 is 1.55 bits per heavy atom. The van der Waals surface area contributed by atoms with Crippen molar-refractivity contribution in [3.05, 3.63) is 58.6 Å². The number of ether oxygens (including phenoxy) is 2. The number of halogens is 1. The molecule has 0 saturated carbocycles. The van der Waals surface area contributed by atoms with Gasteiger partial charge in [0.1, 0.15) is 11.5 Å². The molecule has 0 radical (unpaired) electrons. The van der Waals surface area contributed by atoms with Gasteiger partial charge in [0.2, 0.25) is 0 Å². The minimum atomic E-state index is -0.775. The molecule has 1 unspecified atom stereocenters. The van der Waals surface area contributed by atoms with E-state index in [2.05, 4.69) is 0 Å². The molecular weight excluding hydrogens is 274 g/mol. The fourth-order valence-corrected chi connectivity index (χ4v) is 2.48.